The quantitative estimate of drug-likeness (QED) is 0.793. The maximum absolute atomic E-state index is 4.20. The highest BCUT2D eigenvalue weighted by Gasteiger charge is 2.16. The Balaban J connectivity index is 2.59. The molecule has 0 aliphatic rings. The molecule has 0 radical (unpaired) electrons. The zero-order valence-corrected chi connectivity index (χ0v) is 11.6. The van der Waals surface area contributed by atoms with E-state index in [2.05, 4.69) is 43.3 Å². The van der Waals surface area contributed by atoms with Gasteiger partial charge in [-0.1, -0.05) is 27.7 Å². The smallest absolute Gasteiger partial charge is 0.127 e. The van der Waals surface area contributed by atoms with Crippen molar-refractivity contribution in [3.05, 3.63) is 18.3 Å². The molecule has 0 spiro atoms. The molecular weight excluding hydrogens is 210 g/mol. The van der Waals surface area contributed by atoms with Crippen LogP contribution in [0.25, 0.3) is 0 Å². The van der Waals surface area contributed by atoms with E-state index in [1.807, 2.05) is 25.4 Å². The lowest BCUT2D eigenvalue weighted by Crippen LogP contribution is -2.24. The fourth-order valence-corrected chi connectivity index (χ4v) is 2.15. The van der Waals surface area contributed by atoms with E-state index < -0.39 is 0 Å². The minimum Gasteiger partial charge on any atom is -0.385 e. The maximum atomic E-state index is 4.20. The Morgan fingerprint density at radius 3 is 2.35 bits per heavy atom. The van der Waals surface area contributed by atoms with Crippen LogP contribution in [-0.2, 0) is 0 Å². The third-order valence-corrected chi connectivity index (χ3v) is 3.27. The van der Waals surface area contributed by atoms with Gasteiger partial charge in [0.25, 0.3) is 0 Å². The van der Waals surface area contributed by atoms with Crippen LogP contribution in [0.4, 0.5) is 11.5 Å². The minimum absolute atomic E-state index is 0.696. The summed E-state index contributed by atoms with van der Waals surface area (Å²) in [5.41, 5.74) is 1.13. The molecule has 2 N–H and O–H groups in total. The molecule has 3 heteroatoms. The van der Waals surface area contributed by atoms with Crippen LogP contribution in [0.2, 0.25) is 0 Å². The molecule has 1 aromatic heterocycles. The van der Waals surface area contributed by atoms with Gasteiger partial charge >= 0.3 is 0 Å². The molecule has 0 atom stereocenters. The van der Waals surface area contributed by atoms with Crippen LogP contribution in [0.5, 0.6) is 0 Å². The van der Waals surface area contributed by atoms with Crippen LogP contribution in [0.3, 0.4) is 0 Å². The SMILES string of the molecule is CNc1cc(NCC(C(C)C)C(C)C)ccn1. The second-order valence-electron chi connectivity index (χ2n) is 5.21. The number of pyridine rings is 1. The van der Waals surface area contributed by atoms with Crippen LogP contribution in [0.15, 0.2) is 18.3 Å². The highest BCUT2D eigenvalue weighted by Crippen LogP contribution is 2.21. The van der Waals surface area contributed by atoms with E-state index in [4.69, 9.17) is 0 Å². The third-order valence-electron chi connectivity index (χ3n) is 3.27. The normalized spacial score (nSPS) is 11.3. The molecule has 1 rings (SSSR count). The first kappa shape index (κ1) is 13.8. The van der Waals surface area contributed by atoms with Gasteiger partial charge in [0, 0.05) is 31.5 Å². The summed E-state index contributed by atoms with van der Waals surface area (Å²) in [5.74, 6) is 3.00. The summed E-state index contributed by atoms with van der Waals surface area (Å²) in [6.45, 7) is 10.2. The lowest BCUT2D eigenvalue weighted by Gasteiger charge is -2.25. The van der Waals surface area contributed by atoms with Crippen molar-refractivity contribution >= 4 is 11.5 Å². The van der Waals surface area contributed by atoms with E-state index in [0.29, 0.717) is 17.8 Å². The van der Waals surface area contributed by atoms with Gasteiger partial charge in [-0.05, 0) is 23.8 Å². The predicted octanol–water partition coefficient (Wildman–Crippen LogP) is 3.46. The van der Waals surface area contributed by atoms with Crippen molar-refractivity contribution in [1.29, 1.82) is 0 Å². The van der Waals surface area contributed by atoms with Gasteiger partial charge < -0.3 is 10.6 Å². The average Bonchev–Trinajstić information content (AvgIpc) is 2.28. The fraction of sp³-hybridized carbons (Fsp3) is 0.643. The number of nitrogens with zero attached hydrogens (tertiary/aromatic N) is 1. The molecule has 0 aliphatic heterocycles. The van der Waals surface area contributed by atoms with Gasteiger partial charge in [0.05, 0.1) is 0 Å². The predicted molar refractivity (Wildman–Crippen MR) is 75.4 cm³/mol. The van der Waals surface area contributed by atoms with Gasteiger partial charge in [0.1, 0.15) is 5.82 Å². The van der Waals surface area contributed by atoms with Crippen LogP contribution in [0, 0.1) is 17.8 Å². The van der Waals surface area contributed by atoms with Crippen LogP contribution >= 0.6 is 0 Å². The largest absolute Gasteiger partial charge is 0.385 e. The molecule has 0 fully saturated rings. The number of hydrogen-bond acceptors (Lipinski definition) is 3. The molecule has 0 amide bonds. The van der Waals surface area contributed by atoms with Crippen molar-refractivity contribution in [1.82, 2.24) is 4.98 Å². The topological polar surface area (TPSA) is 37.0 Å². The molecule has 0 unspecified atom stereocenters. The van der Waals surface area contributed by atoms with Gasteiger partial charge in [-0.15, -0.1) is 0 Å². The molecule has 0 aromatic carbocycles. The highest BCUT2D eigenvalue weighted by molar-refractivity contribution is 5.51. The Kier molecular flexibility index (Phi) is 5.26. The number of rotatable bonds is 6. The molecule has 3 nitrogen and oxygen atoms in total. The summed E-state index contributed by atoms with van der Waals surface area (Å²) in [6, 6.07) is 4.05. The third kappa shape index (κ3) is 4.25. The molecular formula is C14H25N3. The Bertz CT molecular complexity index is 326. The lowest BCUT2D eigenvalue weighted by molar-refractivity contribution is 0.304. The summed E-state index contributed by atoms with van der Waals surface area (Å²) >= 11 is 0. The van der Waals surface area contributed by atoms with E-state index in [1.54, 1.807) is 0 Å². The minimum atomic E-state index is 0.696. The summed E-state index contributed by atoms with van der Waals surface area (Å²) in [4.78, 5) is 4.20. The van der Waals surface area contributed by atoms with Crippen molar-refractivity contribution in [2.45, 2.75) is 27.7 Å². The van der Waals surface area contributed by atoms with E-state index >= 15 is 0 Å². The Morgan fingerprint density at radius 2 is 1.82 bits per heavy atom. The van der Waals surface area contributed by atoms with Crippen LogP contribution < -0.4 is 10.6 Å². The summed E-state index contributed by atoms with van der Waals surface area (Å²) in [5, 5.41) is 6.55. The summed E-state index contributed by atoms with van der Waals surface area (Å²) in [7, 11) is 1.89. The molecule has 0 bridgehead atoms. The Labute approximate surface area is 105 Å². The molecule has 0 aliphatic carbocycles. The van der Waals surface area contributed by atoms with Gasteiger partial charge in [0.15, 0.2) is 0 Å². The zero-order valence-electron chi connectivity index (χ0n) is 11.6. The second kappa shape index (κ2) is 6.48. The highest BCUT2D eigenvalue weighted by atomic mass is 15.0. The van der Waals surface area contributed by atoms with E-state index in [1.165, 1.54) is 0 Å². The average molecular weight is 235 g/mol. The van der Waals surface area contributed by atoms with Crippen molar-refractivity contribution in [2.24, 2.45) is 17.8 Å². The van der Waals surface area contributed by atoms with Crippen molar-refractivity contribution in [3.63, 3.8) is 0 Å². The molecule has 0 saturated heterocycles. The molecule has 17 heavy (non-hydrogen) atoms. The number of nitrogens with one attached hydrogen (secondary N) is 2. The van der Waals surface area contributed by atoms with Crippen molar-refractivity contribution < 1.29 is 0 Å². The van der Waals surface area contributed by atoms with Gasteiger partial charge in [-0.2, -0.15) is 0 Å². The maximum Gasteiger partial charge on any atom is 0.127 e. The first-order valence-electron chi connectivity index (χ1n) is 6.42. The summed E-state index contributed by atoms with van der Waals surface area (Å²) < 4.78 is 0. The van der Waals surface area contributed by atoms with Gasteiger partial charge in [0.2, 0.25) is 0 Å². The van der Waals surface area contributed by atoms with E-state index in [0.717, 1.165) is 18.1 Å². The Hall–Kier alpha value is -1.25. The van der Waals surface area contributed by atoms with Gasteiger partial charge in [-0.25, -0.2) is 4.98 Å². The Morgan fingerprint density at radius 1 is 1.18 bits per heavy atom. The summed E-state index contributed by atoms with van der Waals surface area (Å²) in [6.07, 6.45) is 1.83. The monoisotopic (exact) mass is 235 g/mol. The molecule has 1 heterocycles. The first-order chi connectivity index (χ1) is 8.04. The zero-order chi connectivity index (χ0) is 12.8. The first-order valence-corrected chi connectivity index (χ1v) is 6.42. The van der Waals surface area contributed by atoms with E-state index in [-0.39, 0.29) is 0 Å². The van der Waals surface area contributed by atoms with Crippen LogP contribution in [-0.4, -0.2) is 18.6 Å². The number of hydrogen-bond donors (Lipinski definition) is 2. The standard InChI is InChI=1S/C14H25N3/c1-10(2)13(11(3)4)9-17-12-6-7-16-14(8-12)15-5/h6-8,10-11,13H,9H2,1-5H3,(H2,15,16,17). The fourth-order valence-electron chi connectivity index (χ4n) is 2.15. The van der Waals surface area contributed by atoms with E-state index in [9.17, 15) is 0 Å². The molecule has 0 saturated carbocycles. The lowest BCUT2D eigenvalue weighted by atomic mass is 9.85. The van der Waals surface area contributed by atoms with Gasteiger partial charge in [-0.3, -0.25) is 0 Å². The van der Waals surface area contributed by atoms with Crippen LogP contribution in [0.1, 0.15) is 27.7 Å². The van der Waals surface area contributed by atoms with Crippen molar-refractivity contribution in [3.8, 4) is 0 Å². The molecule has 1 aromatic rings. The van der Waals surface area contributed by atoms with Crippen molar-refractivity contribution in [2.75, 3.05) is 24.2 Å². The second-order valence-corrected chi connectivity index (χ2v) is 5.21. The number of aromatic nitrogens is 1. The molecule has 96 valence electrons. The number of anilines is 2.